The molecule has 0 fully saturated rings. The van der Waals surface area contributed by atoms with E-state index in [1.807, 2.05) is 32.0 Å². The van der Waals surface area contributed by atoms with Gasteiger partial charge in [0.1, 0.15) is 0 Å². The molecular weight excluding hydrogens is 277 g/mol. The molecule has 0 aliphatic heterocycles. The second kappa shape index (κ2) is 9.74. The predicted molar refractivity (Wildman–Crippen MR) is 79.5 cm³/mol. The molecule has 0 aliphatic carbocycles. The molecule has 0 aliphatic rings. The molecule has 0 heterocycles. The van der Waals surface area contributed by atoms with Crippen LogP contribution in [0.1, 0.15) is 18.9 Å². The molecule has 0 unspecified atom stereocenters. The van der Waals surface area contributed by atoms with Crippen molar-refractivity contribution in [3.8, 4) is 0 Å². The van der Waals surface area contributed by atoms with Crippen molar-refractivity contribution in [3.05, 3.63) is 29.8 Å². The fourth-order valence-electron chi connectivity index (χ4n) is 1.73. The molecule has 1 aromatic carbocycles. The summed E-state index contributed by atoms with van der Waals surface area (Å²) >= 11 is 0. The van der Waals surface area contributed by atoms with Gasteiger partial charge in [-0.15, -0.1) is 0 Å². The van der Waals surface area contributed by atoms with Gasteiger partial charge in [-0.3, -0.25) is 4.55 Å². The van der Waals surface area contributed by atoms with Crippen molar-refractivity contribution in [2.75, 3.05) is 23.7 Å². The van der Waals surface area contributed by atoms with Crippen LogP contribution in [0.4, 0.5) is 5.69 Å². The van der Waals surface area contributed by atoms with Gasteiger partial charge in [0.25, 0.3) is 10.1 Å². The van der Waals surface area contributed by atoms with E-state index in [9.17, 15) is 8.42 Å². The standard InChI is InChI=1S/C12H19NO3S.Na.H2O/c1-3-13(8-5-9-17(14,15)16)12-7-4-6-11(2)10-12;;/h4,6-7,10H,3,5,8-9H2,1-2H3,(H,14,15,16);;1H2. The van der Waals surface area contributed by atoms with Crippen LogP contribution >= 0.6 is 0 Å². The molecule has 105 valence electrons. The number of nitrogens with zero attached hydrogens (tertiary/aromatic N) is 1. The summed E-state index contributed by atoms with van der Waals surface area (Å²) in [4.78, 5) is 2.10. The number of hydrogen-bond acceptors (Lipinski definition) is 3. The van der Waals surface area contributed by atoms with Gasteiger partial charge in [0.05, 0.1) is 5.75 Å². The van der Waals surface area contributed by atoms with E-state index in [1.165, 1.54) is 5.56 Å². The van der Waals surface area contributed by atoms with Gasteiger partial charge >= 0.3 is 0 Å². The zero-order valence-corrected chi connectivity index (χ0v) is 14.6. The Morgan fingerprint density at radius 1 is 1.32 bits per heavy atom. The van der Waals surface area contributed by atoms with Crippen LogP contribution in [0.3, 0.4) is 0 Å². The number of anilines is 1. The fourth-order valence-corrected chi connectivity index (χ4v) is 2.23. The molecule has 7 heteroatoms. The maximum Gasteiger partial charge on any atom is 0.264 e. The van der Waals surface area contributed by atoms with E-state index in [0.29, 0.717) is 13.0 Å². The number of benzene rings is 1. The largest absolute Gasteiger partial charge is 0.412 e. The van der Waals surface area contributed by atoms with Gasteiger partial charge in [-0.25, -0.2) is 0 Å². The number of aryl methyl sites for hydroxylation is 1. The van der Waals surface area contributed by atoms with Crippen molar-refractivity contribution in [2.45, 2.75) is 20.3 Å². The van der Waals surface area contributed by atoms with Crippen LogP contribution in [0.25, 0.3) is 0 Å². The minimum atomic E-state index is -3.85. The van der Waals surface area contributed by atoms with E-state index in [4.69, 9.17) is 4.55 Å². The van der Waals surface area contributed by atoms with E-state index in [2.05, 4.69) is 11.0 Å². The first kappa shape index (κ1) is 21.2. The average molecular weight is 298 g/mol. The molecule has 1 aromatic rings. The smallest absolute Gasteiger partial charge is 0.264 e. The van der Waals surface area contributed by atoms with Crippen LogP contribution in [-0.2, 0) is 10.1 Å². The first-order valence-corrected chi connectivity index (χ1v) is 7.30. The summed E-state index contributed by atoms with van der Waals surface area (Å²) in [5, 5.41) is 0. The van der Waals surface area contributed by atoms with Gasteiger partial charge in [0, 0.05) is 48.3 Å². The van der Waals surface area contributed by atoms with Gasteiger partial charge in [0.2, 0.25) is 0 Å². The van der Waals surface area contributed by atoms with Crippen molar-refractivity contribution < 1.29 is 18.4 Å². The molecule has 0 bridgehead atoms. The van der Waals surface area contributed by atoms with E-state index < -0.39 is 10.1 Å². The first-order valence-electron chi connectivity index (χ1n) is 5.69. The minimum absolute atomic E-state index is 0. The summed E-state index contributed by atoms with van der Waals surface area (Å²) in [6.07, 6.45) is 0.431. The van der Waals surface area contributed by atoms with Crippen molar-refractivity contribution in [2.24, 2.45) is 0 Å². The van der Waals surface area contributed by atoms with Gasteiger partial charge in [-0.1, -0.05) is 12.1 Å². The van der Waals surface area contributed by atoms with E-state index in [1.54, 1.807) is 0 Å². The van der Waals surface area contributed by atoms with Crippen molar-refractivity contribution in [3.63, 3.8) is 0 Å². The Morgan fingerprint density at radius 2 is 1.95 bits per heavy atom. The summed E-state index contributed by atoms with van der Waals surface area (Å²) in [5.74, 6) is -0.185. The van der Waals surface area contributed by atoms with Crippen LogP contribution in [-0.4, -0.2) is 66.8 Å². The second-order valence-electron chi connectivity index (χ2n) is 4.06. The molecule has 5 nitrogen and oxygen atoms in total. The molecule has 0 atom stereocenters. The Morgan fingerprint density at radius 3 is 2.42 bits per heavy atom. The predicted octanol–water partition coefficient (Wildman–Crippen LogP) is 0.894. The Kier molecular flexibility index (Phi) is 10.9. The van der Waals surface area contributed by atoms with Crippen LogP contribution in [0, 0.1) is 6.92 Å². The van der Waals surface area contributed by atoms with Crippen molar-refractivity contribution in [1.82, 2.24) is 0 Å². The second-order valence-corrected chi connectivity index (χ2v) is 5.63. The van der Waals surface area contributed by atoms with Crippen LogP contribution < -0.4 is 4.90 Å². The normalized spacial score (nSPS) is 10.3. The third kappa shape index (κ3) is 8.62. The molecular formula is C12H21NNaO4S. The van der Waals surface area contributed by atoms with Gasteiger partial charge in [-0.2, -0.15) is 8.42 Å². The van der Waals surface area contributed by atoms with E-state index >= 15 is 0 Å². The number of rotatable bonds is 6. The summed E-state index contributed by atoms with van der Waals surface area (Å²) in [6, 6.07) is 8.08. The third-order valence-electron chi connectivity index (χ3n) is 2.58. The van der Waals surface area contributed by atoms with Gasteiger partial charge in [0.15, 0.2) is 0 Å². The quantitative estimate of drug-likeness (QED) is 0.624. The summed E-state index contributed by atoms with van der Waals surface area (Å²) < 4.78 is 29.9. The molecule has 0 spiro atoms. The van der Waals surface area contributed by atoms with E-state index in [-0.39, 0.29) is 40.8 Å². The summed E-state index contributed by atoms with van der Waals surface area (Å²) in [6.45, 7) is 5.49. The molecule has 0 saturated heterocycles. The average Bonchev–Trinajstić information content (AvgIpc) is 2.23. The minimum Gasteiger partial charge on any atom is -0.412 e. The van der Waals surface area contributed by atoms with Gasteiger partial charge < -0.3 is 10.4 Å². The van der Waals surface area contributed by atoms with Crippen molar-refractivity contribution in [1.29, 1.82) is 0 Å². The fraction of sp³-hybridized carbons (Fsp3) is 0.500. The van der Waals surface area contributed by atoms with Crippen LogP contribution in [0.15, 0.2) is 24.3 Å². The molecule has 1 rings (SSSR count). The molecule has 1 radical (unpaired) electrons. The van der Waals surface area contributed by atoms with E-state index in [0.717, 1.165) is 12.2 Å². The third-order valence-corrected chi connectivity index (χ3v) is 3.38. The monoisotopic (exact) mass is 298 g/mol. The van der Waals surface area contributed by atoms with Crippen LogP contribution in [0.5, 0.6) is 0 Å². The maximum atomic E-state index is 10.6. The zero-order chi connectivity index (χ0) is 12.9. The van der Waals surface area contributed by atoms with Gasteiger partial charge in [-0.05, 0) is 38.0 Å². The molecule has 19 heavy (non-hydrogen) atoms. The Balaban J connectivity index is 0. The Bertz CT molecular complexity index is 465. The SMILES string of the molecule is CCN(CCCS(=O)(=O)O)c1cccc(C)c1.O.[Na]. The zero-order valence-electron chi connectivity index (χ0n) is 11.8. The maximum absolute atomic E-state index is 10.6. The molecule has 3 N–H and O–H groups in total. The van der Waals surface area contributed by atoms with Crippen LogP contribution in [0.2, 0.25) is 0 Å². The summed E-state index contributed by atoms with van der Waals surface area (Å²) in [7, 11) is -3.85. The first-order chi connectivity index (χ1) is 7.92. The Labute approximate surface area is 137 Å². The molecule has 0 amide bonds. The molecule has 0 saturated carbocycles. The molecule has 0 aromatic heterocycles. The topological polar surface area (TPSA) is 89.1 Å². The summed E-state index contributed by atoms with van der Waals surface area (Å²) in [5.41, 5.74) is 2.26. The Hall–Kier alpha value is -0.110. The van der Waals surface area contributed by atoms with Crippen molar-refractivity contribution >= 4 is 45.4 Å². The number of hydrogen-bond donors (Lipinski definition) is 1.